The van der Waals surface area contributed by atoms with E-state index in [2.05, 4.69) is 34.3 Å². The third-order valence-corrected chi connectivity index (χ3v) is 5.37. The largest absolute Gasteiger partial charge is 0.506 e. The highest BCUT2D eigenvalue weighted by Crippen LogP contribution is 2.27. The van der Waals surface area contributed by atoms with Gasteiger partial charge in [-0.2, -0.15) is 0 Å². The van der Waals surface area contributed by atoms with Crippen LogP contribution in [0.3, 0.4) is 0 Å². The first-order chi connectivity index (χ1) is 13.2. The summed E-state index contributed by atoms with van der Waals surface area (Å²) in [5.74, 6) is 0.530. The molecule has 0 radical (unpaired) electrons. The van der Waals surface area contributed by atoms with E-state index in [1.165, 1.54) is 10.9 Å². The lowest BCUT2D eigenvalue weighted by molar-refractivity contribution is -0.131. The third kappa shape index (κ3) is 3.77. The van der Waals surface area contributed by atoms with Crippen molar-refractivity contribution >= 4 is 22.5 Å². The molecule has 2 aromatic carbocycles. The first-order valence-corrected chi connectivity index (χ1v) is 9.58. The van der Waals surface area contributed by atoms with Crippen molar-refractivity contribution in [2.75, 3.05) is 31.1 Å². The van der Waals surface area contributed by atoms with Gasteiger partial charge in [-0.25, -0.2) is 0 Å². The number of fused-ring (bicyclic) bond motifs is 1. The fourth-order valence-electron chi connectivity index (χ4n) is 3.85. The van der Waals surface area contributed by atoms with Crippen LogP contribution in [0, 0.1) is 0 Å². The molecule has 0 aliphatic carbocycles. The maximum absolute atomic E-state index is 12.6. The van der Waals surface area contributed by atoms with Crippen LogP contribution in [0.5, 0.6) is 5.75 Å². The van der Waals surface area contributed by atoms with Crippen molar-refractivity contribution in [3.63, 3.8) is 0 Å². The number of hydrogen-bond donors (Lipinski definition) is 2. The number of aromatic hydroxyl groups is 1. The fraction of sp³-hybridized carbons (Fsp3) is 0.318. The molecule has 1 fully saturated rings. The number of hydrogen-bond acceptors (Lipinski definition) is 3. The van der Waals surface area contributed by atoms with Crippen LogP contribution in [-0.2, 0) is 11.2 Å². The Morgan fingerprint density at radius 2 is 1.74 bits per heavy atom. The molecule has 1 saturated heterocycles. The second-order valence-corrected chi connectivity index (χ2v) is 7.07. The number of piperazine rings is 1. The van der Waals surface area contributed by atoms with E-state index >= 15 is 0 Å². The number of H-pyrrole nitrogens is 1. The molecule has 2 heterocycles. The van der Waals surface area contributed by atoms with Crippen LogP contribution in [0.2, 0.25) is 0 Å². The summed E-state index contributed by atoms with van der Waals surface area (Å²) in [6, 6.07) is 15.7. The number of nitrogens with zero attached hydrogens (tertiary/aromatic N) is 2. The first-order valence-electron chi connectivity index (χ1n) is 9.58. The molecule has 0 bridgehead atoms. The zero-order valence-electron chi connectivity index (χ0n) is 15.4. The molecule has 4 rings (SSSR count). The molecule has 3 aromatic rings. The molecule has 0 atom stereocenters. The van der Waals surface area contributed by atoms with Gasteiger partial charge in [0.15, 0.2) is 0 Å². The molecule has 27 heavy (non-hydrogen) atoms. The molecule has 5 heteroatoms. The average molecular weight is 363 g/mol. The number of nitrogens with one attached hydrogen (secondary N) is 1. The molecule has 1 aliphatic rings. The smallest absolute Gasteiger partial charge is 0.222 e. The first kappa shape index (κ1) is 17.5. The van der Waals surface area contributed by atoms with Crippen LogP contribution in [0.4, 0.5) is 5.69 Å². The number of para-hydroxylation sites is 3. The highest BCUT2D eigenvalue weighted by Gasteiger charge is 2.22. The lowest BCUT2D eigenvalue weighted by Gasteiger charge is -2.36. The highest BCUT2D eigenvalue weighted by atomic mass is 16.3. The van der Waals surface area contributed by atoms with Gasteiger partial charge < -0.3 is 19.9 Å². The molecule has 1 aromatic heterocycles. The van der Waals surface area contributed by atoms with E-state index in [4.69, 9.17) is 0 Å². The minimum atomic E-state index is 0.228. The van der Waals surface area contributed by atoms with Gasteiger partial charge >= 0.3 is 0 Å². The van der Waals surface area contributed by atoms with Gasteiger partial charge in [0.1, 0.15) is 5.75 Å². The fourth-order valence-corrected chi connectivity index (χ4v) is 3.85. The quantitative estimate of drug-likeness (QED) is 0.729. The number of carbonyl (C=O) groups is 1. The Morgan fingerprint density at radius 1 is 1.00 bits per heavy atom. The lowest BCUT2D eigenvalue weighted by Crippen LogP contribution is -2.48. The van der Waals surface area contributed by atoms with E-state index in [1.54, 1.807) is 6.07 Å². The van der Waals surface area contributed by atoms with Crippen LogP contribution < -0.4 is 4.90 Å². The van der Waals surface area contributed by atoms with Crippen molar-refractivity contribution in [1.29, 1.82) is 0 Å². The van der Waals surface area contributed by atoms with Gasteiger partial charge in [0.25, 0.3) is 0 Å². The summed E-state index contributed by atoms with van der Waals surface area (Å²) in [6.07, 6.45) is 4.41. The van der Waals surface area contributed by atoms with Gasteiger partial charge in [-0.1, -0.05) is 30.3 Å². The molecule has 5 nitrogen and oxygen atoms in total. The Kier molecular flexibility index (Phi) is 5.01. The summed E-state index contributed by atoms with van der Waals surface area (Å²) < 4.78 is 0. The molecular weight excluding hydrogens is 338 g/mol. The van der Waals surface area contributed by atoms with Gasteiger partial charge in [-0.15, -0.1) is 0 Å². The second-order valence-electron chi connectivity index (χ2n) is 7.07. The van der Waals surface area contributed by atoms with Crippen molar-refractivity contribution in [3.8, 4) is 5.75 Å². The summed E-state index contributed by atoms with van der Waals surface area (Å²) in [7, 11) is 0. The Hall–Kier alpha value is -2.95. The Morgan fingerprint density at radius 3 is 2.56 bits per heavy atom. The van der Waals surface area contributed by atoms with Gasteiger partial charge in [-0.3, -0.25) is 4.79 Å². The van der Waals surface area contributed by atoms with E-state index < -0.39 is 0 Å². The summed E-state index contributed by atoms with van der Waals surface area (Å²) in [6.45, 7) is 2.93. The van der Waals surface area contributed by atoms with Crippen LogP contribution in [-0.4, -0.2) is 47.1 Å². The number of rotatable bonds is 5. The standard InChI is InChI=1S/C22H25N3O2/c26-21-10-4-3-9-20(21)24-12-14-25(15-13-24)22(27)11-5-6-17-16-23-19-8-2-1-7-18(17)19/h1-4,7-10,16,23,26H,5-6,11-15H2. The molecule has 0 spiro atoms. The maximum Gasteiger partial charge on any atom is 0.222 e. The summed E-state index contributed by atoms with van der Waals surface area (Å²) >= 11 is 0. The minimum absolute atomic E-state index is 0.228. The van der Waals surface area contributed by atoms with Crippen LogP contribution in [0.1, 0.15) is 18.4 Å². The predicted molar refractivity (Wildman–Crippen MR) is 108 cm³/mol. The second kappa shape index (κ2) is 7.74. The molecule has 1 aliphatic heterocycles. The molecule has 2 N–H and O–H groups in total. The number of anilines is 1. The van der Waals surface area contributed by atoms with Crippen molar-refractivity contribution < 1.29 is 9.90 Å². The van der Waals surface area contributed by atoms with Crippen molar-refractivity contribution in [1.82, 2.24) is 9.88 Å². The van der Waals surface area contributed by atoms with E-state index in [-0.39, 0.29) is 5.91 Å². The van der Waals surface area contributed by atoms with E-state index in [0.29, 0.717) is 25.3 Å². The average Bonchev–Trinajstić information content (AvgIpc) is 3.12. The number of benzene rings is 2. The lowest BCUT2D eigenvalue weighted by atomic mass is 10.1. The predicted octanol–water partition coefficient (Wildman–Crippen LogP) is 3.55. The van der Waals surface area contributed by atoms with Crippen LogP contribution in [0.15, 0.2) is 54.7 Å². The number of amides is 1. The number of carbonyl (C=O) groups excluding carboxylic acids is 1. The van der Waals surface area contributed by atoms with Crippen LogP contribution >= 0.6 is 0 Å². The van der Waals surface area contributed by atoms with Crippen molar-refractivity contribution in [3.05, 3.63) is 60.3 Å². The number of aryl methyl sites for hydroxylation is 1. The summed E-state index contributed by atoms with van der Waals surface area (Å²) in [4.78, 5) is 19.9. The van der Waals surface area contributed by atoms with E-state index in [9.17, 15) is 9.90 Å². The number of phenolic OH excluding ortho intramolecular Hbond substituents is 1. The number of phenols is 1. The van der Waals surface area contributed by atoms with E-state index in [1.807, 2.05) is 29.2 Å². The normalized spacial score (nSPS) is 14.7. The van der Waals surface area contributed by atoms with Crippen molar-refractivity contribution in [2.24, 2.45) is 0 Å². The number of aromatic nitrogens is 1. The van der Waals surface area contributed by atoms with Gasteiger partial charge in [-0.05, 0) is 36.6 Å². The monoisotopic (exact) mass is 363 g/mol. The highest BCUT2D eigenvalue weighted by molar-refractivity contribution is 5.83. The molecule has 0 saturated carbocycles. The Bertz CT molecular complexity index is 926. The summed E-state index contributed by atoms with van der Waals surface area (Å²) in [5, 5.41) is 11.2. The maximum atomic E-state index is 12.6. The van der Waals surface area contributed by atoms with Gasteiger partial charge in [0.2, 0.25) is 5.91 Å². The molecule has 1 amide bonds. The van der Waals surface area contributed by atoms with Gasteiger partial charge in [0.05, 0.1) is 5.69 Å². The Labute approximate surface area is 159 Å². The molecule has 0 unspecified atom stereocenters. The Balaban J connectivity index is 1.27. The number of aromatic amines is 1. The van der Waals surface area contributed by atoms with Crippen LogP contribution in [0.25, 0.3) is 10.9 Å². The SMILES string of the molecule is O=C(CCCc1c[nH]c2ccccc12)N1CCN(c2ccccc2O)CC1. The molecular formula is C22H25N3O2. The van der Waals surface area contributed by atoms with Gasteiger partial charge in [0, 0.05) is 49.7 Å². The topological polar surface area (TPSA) is 59.6 Å². The minimum Gasteiger partial charge on any atom is -0.506 e. The summed E-state index contributed by atoms with van der Waals surface area (Å²) in [5.41, 5.74) is 3.28. The zero-order chi connectivity index (χ0) is 18.6. The zero-order valence-corrected chi connectivity index (χ0v) is 15.4. The molecule has 140 valence electrons. The van der Waals surface area contributed by atoms with E-state index in [0.717, 1.165) is 37.1 Å². The van der Waals surface area contributed by atoms with Crippen molar-refractivity contribution in [2.45, 2.75) is 19.3 Å². The third-order valence-electron chi connectivity index (χ3n) is 5.37.